The van der Waals surface area contributed by atoms with Crippen molar-refractivity contribution in [3.63, 3.8) is 0 Å². The molecule has 2 aromatic rings. The summed E-state index contributed by atoms with van der Waals surface area (Å²) in [6.45, 7) is 10.6. The minimum absolute atomic E-state index is 0.0800. The number of thiazole rings is 1. The topological polar surface area (TPSA) is 114 Å². The number of hydrogen-bond donors (Lipinski definition) is 0. The molecule has 0 bridgehead atoms. The number of furan rings is 1. The van der Waals surface area contributed by atoms with Crippen LogP contribution in [0.1, 0.15) is 46.6 Å². The maximum atomic E-state index is 13.6. The predicted octanol–water partition coefficient (Wildman–Crippen LogP) is 4.66. The molecule has 9 nitrogen and oxygen atoms in total. The molecule has 2 heterocycles. The lowest BCUT2D eigenvalue weighted by Gasteiger charge is -2.21. The van der Waals surface area contributed by atoms with E-state index in [4.69, 9.17) is 22.9 Å². The summed E-state index contributed by atoms with van der Waals surface area (Å²) in [7, 11) is -4.12. The summed E-state index contributed by atoms with van der Waals surface area (Å²) in [5, 5.41) is 2.60. The van der Waals surface area contributed by atoms with Crippen molar-refractivity contribution in [1.29, 1.82) is 0 Å². The second-order valence-corrected chi connectivity index (χ2v) is 11.8. The van der Waals surface area contributed by atoms with Gasteiger partial charge in [-0.05, 0) is 54.5 Å². The molecule has 0 aliphatic rings. The Balaban J connectivity index is 2.24. The van der Waals surface area contributed by atoms with Crippen molar-refractivity contribution < 1.29 is 37.1 Å². The fraction of sp³-hybridized carbons (Fsp3) is 0.550. The Morgan fingerprint density at radius 3 is 1.97 bits per heavy atom. The molecule has 11 heteroatoms. The van der Waals surface area contributed by atoms with Gasteiger partial charge in [0, 0.05) is 5.38 Å². The number of carbonyl (C=O) groups excluding carboxylic acids is 2. The maximum Gasteiger partial charge on any atom is 0.371 e. The molecular weight excluding hydrogens is 445 g/mol. The quantitative estimate of drug-likeness (QED) is 0.307. The van der Waals surface area contributed by atoms with Crippen molar-refractivity contribution >= 4 is 36.2 Å². The number of nitrogens with zero attached hydrogens (tertiary/aromatic N) is 1. The van der Waals surface area contributed by atoms with Gasteiger partial charge < -0.3 is 13.9 Å². The van der Waals surface area contributed by atoms with Crippen LogP contribution in [-0.2, 0) is 32.7 Å². The van der Waals surface area contributed by atoms with E-state index in [1.807, 2.05) is 6.92 Å². The highest BCUT2D eigenvalue weighted by atomic mass is 32.1. The number of ether oxygens (including phenoxy) is 2. The van der Waals surface area contributed by atoms with Crippen molar-refractivity contribution in [2.75, 3.05) is 13.6 Å². The van der Waals surface area contributed by atoms with Crippen LogP contribution in [0.3, 0.4) is 0 Å². The van der Waals surface area contributed by atoms with E-state index < -0.39 is 44.0 Å². The summed E-state index contributed by atoms with van der Waals surface area (Å²) >= 11 is 1.39. The molecule has 0 unspecified atom stereocenters. The highest BCUT2D eigenvalue weighted by molar-refractivity contribution is 7.62. The molecule has 0 radical (unpaired) electrons. The average molecular weight is 473 g/mol. The van der Waals surface area contributed by atoms with E-state index in [1.165, 1.54) is 23.7 Å². The third-order valence-corrected chi connectivity index (χ3v) is 6.45. The number of rotatable bonds is 8. The SMILES string of the molecule is Cc1nc(-c2occc2P(=O)(OCOC(=O)C(C)(C)C)OCOC(=O)C(C)(C)C)cs1. The van der Waals surface area contributed by atoms with Gasteiger partial charge in [0.2, 0.25) is 13.6 Å². The molecule has 31 heavy (non-hydrogen) atoms. The van der Waals surface area contributed by atoms with Gasteiger partial charge in [-0.1, -0.05) is 0 Å². The Morgan fingerprint density at radius 2 is 1.55 bits per heavy atom. The molecule has 0 aromatic carbocycles. The second-order valence-electron chi connectivity index (χ2n) is 8.74. The molecule has 0 aliphatic heterocycles. The summed E-state index contributed by atoms with van der Waals surface area (Å²) < 4.78 is 40.0. The van der Waals surface area contributed by atoms with E-state index in [-0.39, 0.29) is 11.1 Å². The van der Waals surface area contributed by atoms with Gasteiger partial charge in [-0.3, -0.25) is 23.2 Å². The lowest BCUT2D eigenvalue weighted by atomic mass is 9.98. The first kappa shape index (κ1) is 25.3. The van der Waals surface area contributed by atoms with Crippen LogP contribution in [0, 0.1) is 17.8 Å². The molecular formula is C20H28NO8PS. The van der Waals surface area contributed by atoms with Crippen molar-refractivity contribution in [2.24, 2.45) is 10.8 Å². The highest BCUT2D eigenvalue weighted by Crippen LogP contribution is 2.50. The lowest BCUT2D eigenvalue weighted by Crippen LogP contribution is -2.25. The van der Waals surface area contributed by atoms with Crippen LogP contribution in [0.5, 0.6) is 0 Å². The van der Waals surface area contributed by atoms with Gasteiger partial charge in [-0.2, -0.15) is 0 Å². The van der Waals surface area contributed by atoms with E-state index in [0.717, 1.165) is 5.01 Å². The zero-order chi connectivity index (χ0) is 23.4. The van der Waals surface area contributed by atoms with E-state index in [9.17, 15) is 14.2 Å². The Hall–Kier alpha value is -2.00. The van der Waals surface area contributed by atoms with Gasteiger partial charge in [0.1, 0.15) is 11.0 Å². The van der Waals surface area contributed by atoms with Crippen molar-refractivity contribution in [2.45, 2.75) is 48.5 Å². The first-order valence-electron chi connectivity index (χ1n) is 9.48. The smallest absolute Gasteiger partial charge is 0.371 e. The van der Waals surface area contributed by atoms with Crippen molar-refractivity contribution in [1.82, 2.24) is 4.98 Å². The predicted molar refractivity (Wildman–Crippen MR) is 115 cm³/mol. The number of aromatic nitrogens is 1. The van der Waals surface area contributed by atoms with Crippen LogP contribution >= 0.6 is 18.9 Å². The van der Waals surface area contributed by atoms with Crippen molar-refractivity contribution in [3.8, 4) is 11.5 Å². The van der Waals surface area contributed by atoms with Gasteiger partial charge in [-0.25, -0.2) is 4.98 Å². The normalized spacial score (nSPS) is 12.6. The van der Waals surface area contributed by atoms with Gasteiger partial charge >= 0.3 is 19.5 Å². The third kappa shape index (κ3) is 6.74. The lowest BCUT2D eigenvalue weighted by molar-refractivity contribution is -0.161. The standard InChI is InChI=1S/C20H28NO8PS/c1-13-21-14(10-31-13)16-15(8-9-25-16)30(24,28-11-26-17(22)19(2,3)4)29-12-27-18(23)20(5,6)7/h8-10H,11-12H2,1-7H3. The molecule has 0 N–H and O–H groups in total. The summed E-state index contributed by atoms with van der Waals surface area (Å²) in [4.78, 5) is 28.4. The van der Waals surface area contributed by atoms with E-state index in [0.29, 0.717) is 5.69 Å². The summed E-state index contributed by atoms with van der Waals surface area (Å²) in [6, 6.07) is 1.42. The highest BCUT2D eigenvalue weighted by Gasteiger charge is 2.36. The molecule has 0 spiro atoms. The van der Waals surface area contributed by atoms with Gasteiger partial charge in [0.15, 0.2) is 5.76 Å². The van der Waals surface area contributed by atoms with Gasteiger partial charge in [0.05, 0.1) is 22.1 Å². The molecule has 0 atom stereocenters. The van der Waals surface area contributed by atoms with Gasteiger partial charge in [0.25, 0.3) is 0 Å². The zero-order valence-electron chi connectivity index (χ0n) is 18.7. The van der Waals surface area contributed by atoms with E-state index >= 15 is 0 Å². The number of esters is 2. The first-order chi connectivity index (χ1) is 14.2. The van der Waals surface area contributed by atoms with Crippen LogP contribution < -0.4 is 5.30 Å². The Bertz CT molecular complexity index is 930. The second kappa shape index (κ2) is 9.65. The molecule has 0 amide bonds. The Morgan fingerprint density at radius 1 is 1.03 bits per heavy atom. The number of carbonyl (C=O) groups is 2. The van der Waals surface area contributed by atoms with Crippen molar-refractivity contribution in [3.05, 3.63) is 22.7 Å². The van der Waals surface area contributed by atoms with E-state index in [1.54, 1.807) is 46.9 Å². The summed E-state index contributed by atoms with van der Waals surface area (Å²) in [6.07, 6.45) is 1.32. The molecule has 0 fully saturated rings. The van der Waals surface area contributed by atoms with Crippen LogP contribution in [0.2, 0.25) is 0 Å². The molecule has 2 rings (SSSR count). The first-order valence-corrected chi connectivity index (χ1v) is 11.9. The zero-order valence-corrected chi connectivity index (χ0v) is 20.4. The number of hydrogen-bond acceptors (Lipinski definition) is 10. The monoisotopic (exact) mass is 473 g/mol. The van der Waals surface area contributed by atoms with Crippen LogP contribution in [0.4, 0.5) is 0 Å². The third-order valence-electron chi connectivity index (χ3n) is 3.84. The minimum Gasteiger partial charge on any atom is -0.462 e. The molecule has 0 saturated carbocycles. The average Bonchev–Trinajstić information content (AvgIpc) is 3.28. The van der Waals surface area contributed by atoms with Crippen LogP contribution in [0.15, 0.2) is 22.1 Å². The Labute approximate surface area is 185 Å². The Kier molecular flexibility index (Phi) is 7.86. The fourth-order valence-electron chi connectivity index (χ4n) is 2.09. The summed E-state index contributed by atoms with van der Waals surface area (Å²) in [5.74, 6) is -0.890. The fourth-order valence-corrected chi connectivity index (χ4v) is 4.07. The molecule has 0 saturated heterocycles. The van der Waals surface area contributed by atoms with Crippen LogP contribution in [0.25, 0.3) is 11.5 Å². The largest absolute Gasteiger partial charge is 0.462 e. The molecule has 2 aromatic heterocycles. The minimum atomic E-state index is -4.12. The van der Waals surface area contributed by atoms with E-state index in [2.05, 4.69) is 4.98 Å². The molecule has 172 valence electrons. The van der Waals surface area contributed by atoms with Crippen LogP contribution in [-0.4, -0.2) is 30.5 Å². The van der Waals surface area contributed by atoms with Gasteiger partial charge in [-0.15, -0.1) is 11.3 Å². The number of aryl methyl sites for hydroxylation is 1. The summed E-state index contributed by atoms with van der Waals surface area (Å²) in [5.41, 5.74) is -1.08. The molecule has 0 aliphatic carbocycles. The maximum absolute atomic E-state index is 13.6.